The summed E-state index contributed by atoms with van der Waals surface area (Å²) in [6.45, 7) is 12.0. The van der Waals surface area contributed by atoms with Gasteiger partial charge in [0.25, 0.3) is 0 Å². The van der Waals surface area contributed by atoms with E-state index in [1.807, 2.05) is 0 Å². The molecular weight excluding hydrogens is 661 g/mol. The van der Waals surface area contributed by atoms with E-state index in [1.165, 1.54) is 115 Å². The van der Waals surface area contributed by atoms with Crippen LogP contribution in [-0.4, -0.2) is 0 Å². The lowest BCUT2D eigenvalue weighted by atomic mass is 9.76. The summed E-state index contributed by atoms with van der Waals surface area (Å²) >= 11 is 0. The Labute approximate surface area is 322 Å². The number of rotatable bonds is 2. The zero-order chi connectivity index (χ0) is 37.2. The van der Waals surface area contributed by atoms with Gasteiger partial charge >= 0.3 is 0 Å². The van der Waals surface area contributed by atoms with Crippen LogP contribution in [0.2, 0.25) is 0 Å². The Balaban J connectivity index is 1.18. The Morgan fingerprint density at radius 1 is 0.382 bits per heavy atom. The van der Waals surface area contributed by atoms with Gasteiger partial charge in [-0.3, -0.25) is 0 Å². The molecule has 0 spiro atoms. The smallest absolute Gasteiger partial charge is 0.0165 e. The van der Waals surface area contributed by atoms with Crippen LogP contribution in [0.1, 0.15) is 51.3 Å². The van der Waals surface area contributed by atoms with Gasteiger partial charge in [0.15, 0.2) is 0 Å². The molecule has 0 radical (unpaired) electrons. The molecular formula is C55H42. The molecule has 0 atom stereocenters. The first-order chi connectivity index (χ1) is 26.7. The van der Waals surface area contributed by atoms with Crippen LogP contribution in [0.3, 0.4) is 0 Å². The quantitative estimate of drug-likeness (QED) is 0.124. The lowest BCUT2D eigenvalue weighted by Gasteiger charge is -2.27. The molecule has 0 saturated heterocycles. The Bertz CT molecular complexity index is 3250. The molecule has 55 heavy (non-hydrogen) atoms. The van der Waals surface area contributed by atoms with Crippen LogP contribution in [-0.2, 0) is 10.8 Å². The SMILES string of the molecule is CC(C)(C)c1c2ccccc2c(-c2cccc3ccccc23)c2ccc(-c3ccc4c(c3)C(C)(C)c3c-4c4ccccc4c4ccc5ccccc5c34)cc12. The first-order valence-corrected chi connectivity index (χ1v) is 19.7. The van der Waals surface area contributed by atoms with Crippen LogP contribution in [0, 0.1) is 0 Å². The lowest BCUT2D eigenvalue weighted by Crippen LogP contribution is -2.16. The van der Waals surface area contributed by atoms with Gasteiger partial charge in [-0.25, -0.2) is 0 Å². The van der Waals surface area contributed by atoms with Crippen molar-refractivity contribution in [2.75, 3.05) is 0 Å². The van der Waals surface area contributed by atoms with E-state index in [2.05, 4.69) is 198 Å². The summed E-state index contributed by atoms with van der Waals surface area (Å²) in [6, 6.07) is 61.8. The molecule has 0 heterocycles. The predicted molar refractivity (Wildman–Crippen MR) is 239 cm³/mol. The second-order valence-electron chi connectivity index (χ2n) is 17.2. The normalized spacial score (nSPS) is 13.7. The van der Waals surface area contributed by atoms with Gasteiger partial charge in [0, 0.05) is 5.41 Å². The van der Waals surface area contributed by atoms with Crippen molar-refractivity contribution in [3.8, 4) is 33.4 Å². The Morgan fingerprint density at radius 3 is 1.67 bits per heavy atom. The maximum atomic E-state index is 2.51. The van der Waals surface area contributed by atoms with E-state index < -0.39 is 0 Å². The van der Waals surface area contributed by atoms with E-state index in [4.69, 9.17) is 0 Å². The van der Waals surface area contributed by atoms with E-state index in [0.29, 0.717) is 0 Å². The highest BCUT2D eigenvalue weighted by Crippen LogP contribution is 2.56. The van der Waals surface area contributed by atoms with E-state index in [1.54, 1.807) is 0 Å². The summed E-state index contributed by atoms with van der Waals surface area (Å²) in [4.78, 5) is 0. The molecule has 0 saturated carbocycles. The largest absolute Gasteiger partial charge is 0.0616 e. The van der Waals surface area contributed by atoms with E-state index in [9.17, 15) is 0 Å². The lowest BCUT2D eigenvalue weighted by molar-refractivity contribution is 0.601. The highest BCUT2D eigenvalue weighted by molar-refractivity contribution is 6.25. The molecule has 10 aromatic rings. The van der Waals surface area contributed by atoms with Crippen molar-refractivity contribution >= 4 is 64.6 Å². The third kappa shape index (κ3) is 4.52. The average molecular weight is 703 g/mol. The fraction of sp³-hybridized carbons (Fsp3) is 0.127. The molecule has 0 aliphatic heterocycles. The van der Waals surface area contributed by atoms with E-state index in [0.717, 1.165) is 0 Å². The van der Waals surface area contributed by atoms with Gasteiger partial charge in [-0.1, -0.05) is 186 Å². The van der Waals surface area contributed by atoms with Gasteiger partial charge < -0.3 is 0 Å². The maximum absolute atomic E-state index is 2.51. The van der Waals surface area contributed by atoms with Crippen LogP contribution >= 0.6 is 0 Å². The van der Waals surface area contributed by atoms with Gasteiger partial charge in [0.05, 0.1) is 0 Å². The second-order valence-corrected chi connectivity index (χ2v) is 17.2. The fourth-order valence-corrected chi connectivity index (χ4v) is 10.4. The molecule has 0 N–H and O–H groups in total. The van der Waals surface area contributed by atoms with Crippen molar-refractivity contribution in [2.45, 2.75) is 45.4 Å². The molecule has 0 nitrogen and oxygen atoms in total. The monoisotopic (exact) mass is 702 g/mol. The Hall–Kier alpha value is -6.24. The zero-order valence-electron chi connectivity index (χ0n) is 32.1. The summed E-state index contributed by atoms with van der Waals surface area (Å²) in [5.74, 6) is 0. The van der Waals surface area contributed by atoms with Gasteiger partial charge in [0.1, 0.15) is 0 Å². The van der Waals surface area contributed by atoms with Crippen LogP contribution in [0.25, 0.3) is 98.0 Å². The maximum Gasteiger partial charge on any atom is 0.0165 e. The van der Waals surface area contributed by atoms with Crippen molar-refractivity contribution in [3.63, 3.8) is 0 Å². The van der Waals surface area contributed by atoms with Gasteiger partial charge in [0.2, 0.25) is 0 Å². The third-order valence-electron chi connectivity index (χ3n) is 12.7. The minimum Gasteiger partial charge on any atom is -0.0616 e. The molecule has 1 aliphatic carbocycles. The molecule has 0 amide bonds. The molecule has 0 bridgehead atoms. The topological polar surface area (TPSA) is 0 Å². The Kier molecular flexibility index (Phi) is 6.67. The third-order valence-corrected chi connectivity index (χ3v) is 12.7. The molecule has 0 heteroatoms. The van der Waals surface area contributed by atoms with Crippen LogP contribution < -0.4 is 0 Å². The van der Waals surface area contributed by atoms with Gasteiger partial charge in [-0.15, -0.1) is 0 Å². The minimum atomic E-state index is -0.196. The van der Waals surface area contributed by atoms with Crippen molar-refractivity contribution in [3.05, 3.63) is 180 Å². The van der Waals surface area contributed by atoms with Crippen LogP contribution in [0.4, 0.5) is 0 Å². The molecule has 10 aromatic carbocycles. The molecule has 1 aliphatic rings. The number of fused-ring (bicyclic) bond motifs is 13. The molecule has 0 unspecified atom stereocenters. The average Bonchev–Trinajstić information content (AvgIpc) is 3.44. The van der Waals surface area contributed by atoms with Crippen molar-refractivity contribution in [1.82, 2.24) is 0 Å². The van der Waals surface area contributed by atoms with Crippen LogP contribution in [0.15, 0.2) is 164 Å². The number of benzene rings is 10. The van der Waals surface area contributed by atoms with E-state index >= 15 is 0 Å². The second kappa shape index (κ2) is 11.4. The zero-order valence-corrected chi connectivity index (χ0v) is 32.1. The Morgan fingerprint density at radius 2 is 0.927 bits per heavy atom. The summed E-state index contributed by atoms with van der Waals surface area (Å²) < 4.78 is 0. The molecule has 0 fully saturated rings. The number of hydrogen-bond donors (Lipinski definition) is 0. The highest BCUT2D eigenvalue weighted by atomic mass is 14.4. The summed E-state index contributed by atoms with van der Waals surface area (Å²) in [5.41, 5.74) is 11.9. The van der Waals surface area contributed by atoms with Gasteiger partial charge in [-0.05, 0) is 132 Å². The summed E-state index contributed by atoms with van der Waals surface area (Å²) in [6.07, 6.45) is 0. The summed E-state index contributed by atoms with van der Waals surface area (Å²) in [7, 11) is 0. The first-order valence-electron chi connectivity index (χ1n) is 19.7. The highest BCUT2D eigenvalue weighted by Gasteiger charge is 2.39. The minimum absolute atomic E-state index is 0.0692. The first kappa shape index (κ1) is 32.2. The van der Waals surface area contributed by atoms with Crippen LogP contribution in [0.5, 0.6) is 0 Å². The van der Waals surface area contributed by atoms with E-state index in [-0.39, 0.29) is 10.8 Å². The number of hydrogen-bond acceptors (Lipinski definition) is 0. The molecule has 262 valence electrons. The summed E-state index contributed by atoms with van der Waals surface area (Å²) in [5, 5.41) is 15.9. The fourth-order valence-electron chi connectivity index (χ4n) is 10.4. The van der Waals surface area contributed by atoms with Crippen molar-refractivity contribution < 1.29 is 0 Å². The standard InChI is InChI=1S/C55H42/c1-54(2,3)52-45-23-13-12-22-42(45)49(40-24-14-17-33-15-6-8-18-37(33)40)44-29-26-35(31-47(44)52)36-27-30-46-48(32-36)55(4,5)53-50-38-19-9-7-16-34(38)25-28-43(50)39-20-10-11-21-41(39)51(46)53/h6-32H,1-5H3. The molecule has 0 aromatic heterocycles. The van der Waals surface area contributed by atoms with Crippen molar-refractivity contribution in [1.29, 1.82) is 0 Å². The molecule has 11 rings (SSSR count). The van der Waals surface area contributed by atoms with Crippen molar-refractivity contribution in [2.24, 2.45) is 0 Å². The predicted octanol–water partition coefficient (Wildman–Crippen LogP) is 15.5. The van der Waals surface area contributed by atoms with Gasteiger partial charge in [-0.2, -0.15) is 0 Å².